The summed E-state index contributed by atoms with van der Waals surface area (Å²) in [6.07, 6.45) is 0. The predicted molar refractivity (Wildman–Crippen MR) is 70.2 cm³/mol. The van der Waals surface area contributed by atoms with Crippen molar-refractivity contribution in [3.8, 4) is 5.75 Å². The van der Waals surface area contributed by atoms with E-state index in [0.717, 1.165) is 0 Å². The van der Waals surface area contributed by atoms with E-state index < -0.39 is 11.7 Å². The number of rotatable bonds is 2. The van der Waals surface area contributed by atoms with Gasteiger partial charge >= 0.3 is 0 Å². The van der Waals surface area contributed by atoms with Gasteiger partial charge in [0.2, 0.25) is 0 Å². The maximum Gasteiger partial charge on any atom is 0.258 e. The maximum atomic E-state index is 13.7. The van der Waals surface area contributed by atoms with Gasteiger partial charge in [0, 0.05) is 11.8 Å². The molecule has 2 rings (SSSR count). The number of anilines is 1. The van der Waals surface area contributed by atoms with Crippen LogP contribution in [0.25, 0.3) is 0 Å². The van der Waals surface area contributed by atoms with Gasteiger partial charge in [-0.15, -0.1) is 0 Å². The van der Waals surface area contributed by atoms with Crippen LogP contribution in [-0.2, 0) is 0 Å². The molecule has 0 aliphatic heterocycles. The van der Waals surface area contributed by atoms with Gasteiger partial charge in [0.1, 0.15) is 11.6 Å². The van der Waals surface area contributed by atoms with Gasteiger partial charge in [-0.25, -0.2) is 4.39 Å². The molecule has 2 aromatic carbocycles. The van der Waals surface area contributed by atoms with Crippen molar-refractivity contribution >= 4 is 27.5 Å². The lowest BCUT2D eigenvalue weighted by molar-refractivity contribution is 0.102. The summed E-state index contributed by atoms with van der Waals surface area (Å²) in [4.78, 5) is 11.8. The van der Waals surface area contributed by atoms with Crippen LogP contribution in [0.3, 0.4) is 0 Å². The third-order valence-electron chi connectivity index (χ3n) is 2.30. The van der Waals surface area contributed by atoms with Gasteiger partial charge in [-0.05, 0) is 40.2 Å². The van der Waals surface area contributed by atoms with Gasteiger partial charge in [-0.3, -0.25) is 4.79 Å². The molecular weight excluding hydrogens is 301 g/mol. The lowest BCUT2D eigenvalue weighted by Crippen LogP contribution is -2.13. The topological polar surface area (TPSA) is 49.3 Å². The fraction of sp³-hybridized carbons (Fsp3) is 0. The predicted octanol–water partition coefficient (Wildman–Crippen LogP) is 3.55. The first-order valence-corrected chi connectivity index (χ1v) is 5.91. The van der Waals surface area contributed by atoms with Gasteiger partial charge in [0.15, 0.2) is 0 Å². The molecule has 3 nitrogen and oxygen atoms in total. The van der Waals surface area contributed by atoms with Gasteiger partial charge < -0.3 is 10.4 Å². The van der Waals surface area contributed by atoms with Crippen molar-refractivity contribution in [2.45, 2.75) is 0 Å². The second kappa shape index (κ2) is 5.18. The third-order valence-corrected chi connectivity index (χ3v) is 2.91. The first kappa shape index (κ1) is 12.6. The number of nitrogens with one attached hydrogen (secondary N) is 1. The van der Waals surface area contributed by atoms with Crippen molar-refractivity contribution < 1.29 is 14.3 Å². The molecule has 0 aromatic heterocycles. The monoisotopic (exact) mass is 309 g/mol. The second-order valence-electron chi connectivity index (χ2n) is 3.61. The Labute approximate surface area is 111 Å². The van der Waals surface area contributed by atoms with E-state index in [-0.39, 0.29) is 15.8 Å². The fourth-order valence-corrected chi connectivity index (χ4v) is 1.83. The molecule has 0 bridgehead atoms. The Morgan fingerprint density at radius 1 is 1.22 bits per heavy atom. The van der Waals surface area contributed by atoms with Crippen molar-refractivity contribution in [3.05, 3.63) is 58.3 Å². The summed E-state index contributed by atoms with van der Waals surface area (Å²) >= 11 is 3.02. The molecule has 0 aliphatic carbocycles. The number of phenolic OH excluding ortho intramolecular Hbond substituents is 1. The quantitative estimate of drug-likeness (QED) is 0.891. The number of hydrogen-bond acceptors (Lipinski definition) is 2. The summed E-state index contributed by atoms with van der Waals surface area (Å²) in [6.45, 7) is 0. The maximum absolute atomic E-state index is 13.7. The first-order valence-electron chi connectivity index (χ1n) is 5.12. The van der Waals surface area contributed by atoms with Gasteiger partial charge in [-0.2, -0.15) is 0 Å². The molecule has 0 saturated carbocycles. The van der Waals surface area contributed by atoms with Crippen LogP contribution in [-0.4, -0.2) is 11.0 Å². The van der Waals surface area contributed by atoms with Crippen LogP contribution in [0.15, 0.2) is 46.9 Å². The Balaban J connectivity index is 2.25. The van der Waals surface area contributed by atoms with E-state index in [4.69, 9.17) is 0 Å². The fourth-order valence-electron chi connectivity index (χ4n) is 1.46. The van der Waals surface area contributed by atoms with E-state index in [9.17, 15) is 14.3 Å². The van der Waals surface area contributed by atoms with E-state index >= 15 is 0 Å². The van der Waals surface area contributed by atoms with Crippen LogP contribution in [0.4, 0.5) is 10.1 Å². The lowest BCUT2D eigenvalue weighted by atomic mass is 10.2. The van der Waals surface area contributed by atoms with Crippen LogP contribution in [0.5, 0.6) is 5.75 Å². The molecule has 0 radical (unpaired) electrons. The standard InChI is InChI=1S/C13H9BrFNO2/c14-11-6-2-5-10(12(11)15)13(18)16-8-3-1-4-9(17)7-8/h1-7,17H,(H,16,18). The molecule has 0 fully saturated rings. The summed E-state index contributed by atoms with van der Waals surface area (Å²) < 4.78 is 13.9. The van der Waals surface area contributed by atoms with Crippen LogP contribution >= 0.6 is 15.9 Å². The molecule has 1 amide bonds. The molecule has 0 heterocycles. The Morgan fingerprint density at radius 2 is 1.94 bits per heavy atom. The summed E-state index contributed by atoms with van der Waals surface area (Å²) in [5, 5.41) is 11.8. The largest absolute Gasteiger partial charge is 0.508 e. The second-order valence-corrected chi connectivity index (χ2v) is 4.46. The lowest BCUT2D eigenvalue weighted by Gasteiger charge is -2.07. The van der Waals surface area contributed by atoms with Crippen LogP contribution in [0.1, 0.15) is 10.4 Å². The van der Waals surface area contributed by atoms with Crippen molar-refractivity contribution in [1.29, 1.82) is 0 Å². The highest BCUT2D eigenvalue weighted by Crippen LogP contribution is 2.21. The first-order chi connectivity index (χ1) is 8.58. The van der Waals surface area contributed by atoms with E-state index in [1.807, 2.05) is 0 Å². The number of carbonyl (C=O) groups excluding carboxylic acids is 1. The van der Waals surface area contributed by atoms with Crippen molar-refractivity contribution in [1.82, 2.24) is 0 Å². The molecule has 2 N–H and O–H groups in total. The summed E-state index contributed by atoms with van der Waals surface area (Å²) in [7, 11) is 0. The molecule has 2 aromatic rings. The summed E-state index contributed by atoms with van der Waals surface area (Å²) in [5.41, 5.74) is 0.340. The Kier molecular flexibility index (Phi) is 3.62. The minimum absolute atomic E-state index is 0.0301. The molecule has 18 heavy (non-hydrogen) atoms. The van der Waals surface area contributed by atoms with E-state index in [1.54, 1.807) is 18.2 Å². The average Bonchev–Trinajstić information content (AvgIpc) is 2.32. The molecule has 0 unspecified atom stereocenters. The SMILES string of the molecule is O=C(Nc1cccc(O)c1)c1cccc(Br)c1F. The summed E-state index contributed by atoms with van der Waals surface area (Å²) in [5.74, 6) is -1.16. The Bertz CT molecular complexity index is 601. The van der Waals surface area contributed by atoms with E-state index in [0.29, 0.717) is 5.69 Å². The van der Waals surface area contributed by atoms with Crippen molar-refractivity contribution in [2.24, 2.45) is 0 Å². The number of phenols is 1. The smallest absolute Gasteiger partial charge is 0.258 e. The molecule has 92 valence electrons. The van der Waals surface area contributed by atoms with Gasteiger partial charge in [0.05, 0.1) is 10.0 Å². The zero-order chi connectivity index (χ0) is 13.1. The Hall–Kier alpha value is -1.88. The molecular formula is C13H9BrFNO2. The number of halogens is 2. The number of carbonyl (C=O) groups is 1. The summed E-state index contributed by atoms with van der Waals surface area (Å²) in [6, 6.07) is 10.5. The van der Waals surface area contributed by atoms with Gasteiger partial charge in [0.25, 0.3) is 5.91 Å². The minimum Gasteiger partial charge on any atom is -0.508 e. The number of hydrogen-bond donors (Lipinski definition) is 2. The third kappa shape index (κ3) is 2.68. The van der Waals surface area contributed by atoms with Crippen LogP contribution < -0.4 is 5.32 Å². The highest BCUT2D eigenvalue weighted by Gasteiger charge is 2.13. The van der Waals surface area contributed by atoms with Crippen molar-refractivity contribution in [2.75, 3.05) is 5.32 Å². The van der Waals surface area contributed by atoms with E-state index in [2.05, 4.69) is 21.2 Å². The Morgan fingerprint density at radius 3 is 2.67 bits per heavy atom. The number of aromatic hydroxyl groups is 1. The van der Waals surface area contributed by atoms with Crippen molar-refractivity contribution in [3.63, 3.8) is 0 Å². The molecule has 5 heteroatoms. The van der Waals surface area contributed by atoms with Crippen LogP contribution in [0.2, 0.25) is 0 Å². The molecule has 0 aliphatic rings. The number of benzene rings is 2. The molecule has 0 atom stereocenters. The average molecular weight is 310 g/mol. The van der Waals surface area contributed by atoms with Gasteiger partial charge in [-0.1, -0.05) is 12.1 Å². The molecule has 0 spiro atoms. The molecule has 0 saturated heterocycles. The normalized spacial score (nSPS) is 10.1. The number of amides is 1. The highest BCUT2D eigenvalue weighted by atomic mass is 79.9. The minimum atomic E-state index is -0.616. The zero-order valence-corrected chi connectivity index (χ0v) is 10.7. The zero-order valence-electron chi connectivity index (χ0n) is 9.15. The van der Waals surface area contributed by atoms with Crippen LogP contribution in [0, 0.1) is 5.82 Å². The van der Waals surface area contributed by atoms with E-state index in [1.165, 1.54) is 24.3 Å². The highest BCUT2D eigenvalue weighted by molar-refractivity contribution is 9.10.